The SMILES string of the molecule is CC(=O)N[C@H]1CC1(F)F. The summed E-state index contributed by atoms with van der Waals surface area (Å²) in [6, 6.07) is -0.894. The minimum atomic E-state index is -2.63. The largest absolute Gasteiger partial charge is 0.347 e. The molecule has 1 amide bonds. The van der Waals surface area contributed by atoms with E-state index >= 15 is 0 Å². The normalized spacial score (nSPS) is 29.4. The highest BCUT2D eigenvalue weighted by molar-refractivity contribution is 5.73. The van der Waals surface area contributed by atoms with E-state index in [1.807, 2.05) is 0 Å². The maximum atomic E-state index is 11.9. The molecular formula is C5H7F2NO. The molecular weight excluding hydrogens is 128 g/mol. The Hall–Kier alpha value is -0.670. The lowest BCUT2D eigenvalue weighted by molar-refractivity contribution is -0.119. The van der Waals surface area contributed by atoms with Crippen LogP contribution in [-0.4, -0.2) is 17.9 Å². The van der Waals surface area contributed by atoms with Crippen molar-refractivity contribution in [3.8, 4) is 0 Å². The number of rotatable bonds is 1. The average molecular weight is 135 g/mol. The predicted molar refractivity (Wildman–Crippen MR) is 27.2 cm³/mol. The summed E-state index contributed by atoms with van der Waals surface area (Å²) in [4.78, 5) is 10.1. The van der Waals surface area contributed by atoms with Crippen LogP contribution in [0.15, 0.2) is 0 Å². The molecule has 9 heavy (non-hydrogen) atoms. The highest BCUT2D eigenvalue weighted by Crippen LogP contribution is 2.41. The maximum absolute atomic E-state index is 11.9. The predicted octanol–water partition coefficient (Wildman–Crippen LogP) is 0.530. The lowest BCUT2D eigenvalue weighted by atomic mass is 10.6. The molecule has 0 unspecified atom stereocenters. The van der Waals surface area contributed by atoms with E-state index in [0.29, 0.717) is 0 Å². The average Bonchev–Trinajstić information content (AvgIpc) is 2.10. The van der Waals surface area contributed by atoms with Crippen molar-refractivity contribution in [2.24, 2.45) is 0 Å². The third-order valence-corrected chi connectivity index (χ3v) is 1.20. The molecule has 1 aliphatic rings. The molecule has 0 aliphatic heterocycles. The van der Waals surface area contributed by atoms with E-state index in [4.69, 9.17) is 0 Å². The Morgan fingerprint density at radius 1 is 1.78 bits per heavy atom. The quantitative estimate of drug-likeness (QED) is 0.558. The summed E-state index contributed by atoms with van der Waals surface area (Å²) in [6.45, 7) is 1.23. The van der Waals surface area contributed by atoms with Crippen LogP contribution in [-0.2, 0) is 4.79 Å². The third-order valence-electron chi connectivity index (χ3n) is 1.20. The third kappa shape index (κ3) is 1.37. The fraction of sp³-hybridized carbons (Fsp3) is 0.800. The van der Waals surface area contributed by atoms with Crippen LogP contribution in [0.4, 0.5) is 8.78 Å². The van der Waals surface area contributed by atoms with Gasteiger partial charge in [-0.05, 0) is 0 Å². The van der Waals surface area contributed by atoms with Crippen LogP contribution < -0.4 is 5.32 Å². The van der Waals surface area contributed by atoms with Gasteiger partial charge in [-0.2, -0.15) is 0 Å². The number of nitrogens with one attached hydrogen (secondary N) is 1. The molecule has 1 fully saturated rings. The second-order valence-electron chi connectivity index (χ2n) is 2.22. The fourth-order valence-corrected chi connectivity index (χ4v) is 0.615. The van der Waals surface area contributed by atoms with Gasteiger partial charge in [0.2, 0.25) is 5.91 Å². The van der Waals surface area contributed by atoms with Crippen LogP contribution in [0.5, 0.6) is 0 Å². The summed E-state index contributed by atoms with van der Waals surface area (Å²) < 4.78 is 23.9. The zero-order chi connectivity index (χ0) is 7.07. The van der Waals surface area contributed by atoms with Gasteiger partial charge in [0.1, 0.15) is 0 Å². The van der Waals surface area contributed by atoms with Crippen LogP contribution in [0.3, 0.4) is 0 Å². The Labute approximate surface area is 51.2 Å². The van der Waals surface area contributed by atoms with Gasteiger partial charge in [-0.25, -0.2) is 8.78 Å². The van der Waals surface area contributed by atoms with Crippen molar-refractivity contribution >= 4 is 5.91 Å². The number of amides is 1. The van der Waals surface area contributed by atoms with Gasteiger partial charge in [0.15, 0.2) is 0 Å². The van der Waals surface area contributed by atoms with Crippen LogP contribution in [0.2, 0.25) is 0 Å². The zero-order valence-electron chi connectivity index (χ0n) is 4.95. The molecule has 0 aromatic rings. The Morgan fingerprint density at radius 3 is 2.33 bits per heavy atom. The number of hydrogen-bond acceptors (Lipinski definition) is 1. The van der Waals surface area contributed by atoms with Crippen molar-refractivity contribution in [2.45, 2.75) is 25.3 Å². The van der Waals surface area contributed by atoms with E-state index in [-0.39, 0.29) is 6.42 Å². The molecule has 0 radical (unpaired) electrons. The van der Waals surface area contributed by atoms with Gasteiger partial charge >= 0.3 is 0 Å². The number of alkyl halides is 2. The van der Waals surface area contributed by atoms with Crippen LogP contribution in [0, 0.1) is 0 Å². The summed E-state index contributed by atoms with van der Waals surface area (Å²) in [7, 11) is 0. The van der Waals surface area contributed by atoms with Crippen molar-refractivity contribution in [3.63, 3.8) is 0 Å². The molecule has 0 bridgehead atoms. The van der Waals surface area contributed by atoms with Gasteiger partial charge in [0, 0.05) is 13.3 Å². The molecule has 52 valence electrons. The van der Waals surface area contributed by atoms with Crippen LogP contribution in [0.1, 0.15) is 13.3 Å². The zero-order valence-corrected chi connectivity index (χ0v) is 4.95. The van der Waals surface area contributed by atoms with Gasteiger partial charge in [-0.15, -0.1) is 0 Å². The van der Waals surface area contributed by atoms with E-state index < -0.39 is 17.9 Å². The highest BCUT2D eigenvalue weighted by atomic mass is 19.3. The summed E-state index contributed by atoms with van der Waals surface area (Å²) in [6.07, 6.45) is -0.202. The van der Waals surface area contributed by atoms with Gasteiger partial charge in [0.05, 0.1) is 6.04 Å². The topological polar surface area (TPSA) is 29.1 Å². The first-order chi connectivity index (χ1) is 4.02. The molecule has 2 nitrogen and oxygen atoms in total. The number of carbonyl (C=O) groups is 1. The monoisotopic (exact) mass is 135 g/mol. The second kappa shape index (κ2) is 1.65. The molecule has 4 heteroatoms. The van der Waals surface area contributed by atoms with E-state index in [0.717, 1.165) is 0 Å². The first-order valence-corrected chi connectivity index (χ1v) is 2.67. The summed E-state index contributed by atoms with van der Waals surface area (Å²) in [5.74, 6) is -3.02. The second-order valence-corrected chi connectivity index (χ2v) is 2.22. The lowest BCUT2D eigenvalue weighted by Gasteiger charge is -1.96. The van der Waals surface area contributed by atoms with E-state index in [1.165, 1.54) is 6.92 Å². The summed E-state index contributed by atoms with van der Waals surface area (Å²) in [5, 5.41) is 2.12. The smallest absolute Gasteiger partial charge is 0.270 e. The minimum Gasteiger partial charge on any atom is -0.347 e. The molecule has 1 rings (SSSR count). The van der Waals surface area contributed by atoms with Crippen molar-refractivity contribution in [2.75, 3.05) is 0 Å². The number of halogens is 2. The van der Waals surface area contributed by atoms with E-state index in [9.17, 15) is 13.6 Å². The van der Waals surface area contributed by atoms with E-state index in [1.54, 1.807) is 0 Å². The molecule has 1 aliphatic carbocycles. The Balaban J connectivity index is 2.28. The van der Waals surface area contributed by atoms with Gasteiger partial charge in [-0.3, -0.25) is 4.79 Å². The first kappa shape index (κ1) is 6.45. The maximum Gasteiger partial charge on any atom is 0.270 e. The minimum absolute atomic E-state index is 0.202. The van der Waals surface area contributed by atoms with E-state index in [2.05, 4.69) is 5.32 Å². The highest BCUT2D eigenvalue weighted by Gasteiger charge is 2.57. The van der Waals surface area contributed by atoms with Crippen molar-refractivity contribution < 1.29 is 13.6 Å². The van der Waals surface area contributed by atoms with Crippen LogP contribution in [0.25, 0.3) is 0 Å². The molecule has 1 N–H and O–H groups in total. The molecule has 1 atom stereocenters. The Kier molecular flexibility index (Phi) is 1.18. The molecule has 1 saturated carbocycles. The van der Waals surface area contributed by atoms with Gasteiger partial charge < -0.3 is 5.32 Å². The standard InChI is InChI=1S/C5H7F2NO/c1-3(9)8-4-2-5(4,6)7/h4H,2H2,1H3,(H,8,9)/t4-/m0/s1. The Morgan fingerprint density at radius 2 is 2.22 bits per heavy atom. The number of hydrogen-bond donors (Lipinski definition) is 1. The van der Waals surface area contributed by atoms with Gasteiger partial charge in [0.25, 0.3) is 5.92 Å². The first-order valence-electron chi connectivity index (χ1n) is 2.67. The molecule has 0 saturated heterocycles. The van der Waals surface area contributed by atoms with Gasteiger partial charge in [-0.1, -0.05) is 0 Å². The molecule has 0 aromatic carbocycles. The fourth-order valence-electron chi connectivity index (χ4n) is 0.615. The Bertz CT molecular complexity index is 146. The van der Waals surface area contributed by atoms with Crippen molar-refractivity contribution in [1.82, 2.24) is 5.32 Å². The van der Waals surface area contributed by atoms with Crippen LogP contribution >= 0.6 is 0 Å². The number of carbonyl (C=O) groups excluding carboxylic acids is 1. The summed E-state index contributed by atoms with van der Waals surface area (Å²) in [5.41, 5.74) is 0. The molecule has 0 heterocycles. The lowest BCUT2D eigenvalue weighted by Crippen LogP contribution is -2.26. The molecule has 0 aromatic heterocycles. The molecule has 0 spiro atoms. The summed E-state index contributed by atoms with van der Waals surface area (Å²) >= 11 is 0. The van der Waals surface area contributed by atoms with Crippen molar-refractivity contribution in [1.29, 1.82) is 0 Å². The van der Waals surface area contributed by atoms with Crippen molar-refractivity contribution in [3.05, 3.63) is 0 Å².